The van der Waals surface area contributed by atoms with Crippen LogP contribution >= 0.6 is 0 Å². The summed E-state index contributed by atoms with van der Waals surface area (Å²) in [7, 11) is 0. The highest BCUT2D eigenvalue weighted by Gasteiger charge is 2.13. The van der Waals surface area contributed by atoms with Gasteiger partial charge in [0.05, 0.1) is 6.04 Å². The molecule has 0 amide bonds. The van der Waals surface area contributed by atoms with E-state index in [-0.39, 0.29) is 12.0 Å². The van der Waals surface area contributed by atoms with E-state index in [4.69, 9.17) is 4.74 Å². The molecule has 0 N–H and O–H groups in total. The monoisotopic (exact) mass is 229 g/mol. The Kier molecular flexibility index (Phi) is 3.60. The quantitative estimate of drug-likeness (QED) is 0.755. The van der Waals surface area contributed by atoms with Crippen LogP contribution < -0.4 is 0 Å². The van der Waals surface area contributed by atoms with Gasteiger partial charge in [-0.25, -0.2) is 0 Å². The van der Waals surface area contributed by atoms with Crippen molar-refractivity contribution in [2.75, 3.05) is 6.61 Å². The van der Waals surface area contributed by atoms with E-state index >= 15 is 0 Å². The fraction of sp³-hybridized carbons (Fsp3) is 0.214. The first-order valence-electron chi connectivity index (χ1n) is 5.58. The fourth-order valence-electron chi connectivity index (χ4n) is 1.78. The molecule has 1 aromatic carbocycles. The minimum absolute atomic E-state index is 0.0371. The SMILES string of the molecule is CC(=O)OCC(c1ccccc1)n1cccc1. The molecule has 1 atom stereocenters. The van der Waals surface area contributed by atoms with Crippen molar-refractivity contribution in [1.29, 1.82) is 0 Å². The van der Waals surface area contributed by atoms with Gasteiger partial charge in [0.15, 0.2) is 0 Å². The van der Waals surface area contributed by atoms with Crippen LogP contribution in [0.3, 0.4) is 0 Å². The smallest absolute Gasteiger partial charge is 0.302 e. The van der Waals surface area contributed by atoms with Crippen LogP contribution in [0.5, 0.6) is 0 Å². The second-order valence-corrected chi connectivity index (χ2v) is 3.86. The highest BCUT2D eigenvalue weighted by Crippen LogP contribution is 2.18. The molecule has 0 aliphatic carbocycles. The van der Waals surface area contributed by atoms with E-state index in [1.165, 1.54) is 6.92 Å². The number of hydrogen-bond acceptors (Lipinski definition) is 2. The summed E-state index contributed by atoms with van der Waals surface area (Å²) >= 11 is 0. The molecule has 0 spiro atoms. The van der Waals surface area contributed by atoms with Gasteiger partial charge in [0.25, 0.3) is 0 Å². The zero-order chi connectivity index (χ0) is 12.1. The molecule has 1 unspecified atom stereocenters. The Hall–Kier alpha value is -2.03. The summed E-state index contributed by atoms with van der Waals surface area (Å²) in [5, 5.41) is 0. The number of hydrogen-bond donors (Lipinski definition) is 0. The molecule has 1 heterocycles. The van der Waals surface area contributed by atoms with E-state index in [9.17, 15) is 4.79 Å². The summed E-state index contributed by atoms with van der Waals surface area (Å²) < 4.78 is 7.16. The molecule has 0 saturated carbocycles. The molecule has 0 fully saturated rings. The number of aromatic nitrogens is 1. The average molecular weight is 229 g/mol. The lowest BCUT2D eigenvalue weighted by atomic mass is 10.1. The number of nitrogens with zero attached hydrogens (tertiary/aromatic N) is 1. The van der Waals surface area contributed by atoms with Gasteiger partial charge in [0.2, 0.25) is 0 Å². The predicted octanol–water partition coefficient (Wildman–Crippen LogP) is 2.64. The summed E-state index contributed by atoms with van der Waals surface area (Å²) in [6.45, 7) is 1.78. The molecule has 3 heteroatoms. The van der Waals surface area contributed by atoms with Crippen molar-refractivity contribution in [3.8, 4) is 0 Å². The summed E-state index contributed by atoms with van der Waals surface area (Å²) in [5.41, 5.74) is 1.13. The lowest BCUT2D eigenvalue weighted by Crippen LogP contribution is -2.17. The van der Waals surface area contributed by atoms with E-state index < -0.39 is 0 Å². The van der Waals surface area contributed by atoms with Gasteiger partial charge in [-0.1, -0.05) is 30.3 Å². The Balaban J connectivity index is 2.22. The molecule has 1 aromatic heterocycles. The highest BCUT2D eigenvalue weighted by atomic mass is 16.5. The standard InChI is InChI=1S/C14H15NO2/c1-12(16)17-11-14(15-9-5-6-10-15)13-7-3-2-4-8-13/h2-10,14H,11H2,1H3. The summed E-state index contributed by atoms with van der Waals surface area (Å²) in [6.07, 6.45) is 3.95. The van der Waals surface area contributed by atoms with Crippen LogP contribution in [0, 0.1) is 0 Å². The number of ether oxygens (including phenoxy) is 1. The Morgan fingerprint density at radius 3 is 2.41 bits per heavy atom. The molecule has 0 saturated heterocycles. The Morgan fingerprint density at radius 1 is 1.18 bits per heavy atom. The Bertz CT molecular complexity index is 462. The van der Waals surface area contributed by atoms with Crippen LogP contribution in [0.15, 0.2) is 54.9 Å². The lowest BCUT2D eigenvalue weighted by Gasteiger charge is -2.19. The van der Waals surface area contributed by atoms with E-state index in [2.05, 4.69) is 0 Å². The van der Waals surface area contributed by atoms with Crippen LogP contribution in [0.1, 0.15) is 18.5 Å². The van der Waals surface area contributed by atoms with Gasteiger partial charge in [-0.3, -0.25) is 4.79 Å². The van der Waals surface area contributed by atoms with Crippen molar-refractivity contribution in [2.45, 2.75) is 13.0 Å². The second-order valence-electron chi connectivity index (χ2n) is 3.86. The van der Waals surface area contributed by atoms with Gasteiger partial charge in [-0.15, -0.1) is 0 Å². The normalized spacial score (nSPS) is 12.1. The first-order chi connectivity index (χ1) is 8.27. The van der Waals surface area contributed by atoms with Crippen LogP contribution in [0.2, 0.25) is 0 Å². The maximum absolute atomic E-state index is 10.9. The van der Waals surface area contributed by atoms with Gasteiger partial charge in [-0.2, -0.15) is 0 Å². The van der Waals surface area contributed by atoms with Crippen molar-refractivity contribution < 1.29 is 9.53 Å². The second kappa shape index (κ2) is 5.34. The number of carbonyl (C=O) groups excluding carboxylic acids is 1. The molecule has 0 aliphatic heterocycles. The average Bonchev–Trinajstić information content (AvgIpc) is 2.84. The molecule has 2 rings (SSSR count). The third-order valence-corrected chi connectivity index (χ3v) is 2.62. The molecular formula is C14H15NO2. The number of esters is 1. The van der Waals surface area contributed by atoms with Crippen molar-refractivity contribution in [3.05, 3.63) is 60.4 Å². The minimum Gasteiger partial charge on any atom is -0.463 e. The van der Waals surface area contributed by atoms with Crippen LogP contribution in [0.4, 0.5) is 0 Å². The summed E-state index contributed by atoms with van der Waals surface area (Å²) in [6, 6.07) is 14.0. The molecule has 0 aliphatic rings. The largest absolute Gasteiger partial charge is 0.463 e. The summed E-state index contributed by atoms with van der Waals surface area (Å²) in [5.74, 6) is -0.252. The highest BCUT2D eigenvalue weighted by molar-refractivity contribution is 5.65. The topological polar surface area (TPSA) is 31.2 Å². The predicted molar refractivity (Wildman–Crippen MR) is 65.6 cm³/mol. The van der Waals surface area contributed by atoms with Crippen molar-refractivity contribution >= 4 is 5.97 Å². The zero-order valence-electron chi connectivity index (χ0n) is 9.74. The van der Waals surface area contributed by atoms with Crippen LogP contribution in [-0.4, -0.2) is 17.1 Å². The lowest BCUT2D eigenvalue weighted by molar-refractivity contribution is -0.141. The van der Waals surface area contributed by atoms with Gasteiger partial charge >= 0.3 is 5.97 Å². The van der Waals surface area contributed by atoms with E-state index in [0.29, 0.717) is 6.61 Å². The van der Waals surface area contributed by atoms with E-state index in [0.717, 1.165) is 5.56 Å². The van der Waals surface area contributed by atoms with Gasteiger partial charge in [0, 0.05) is 19.3 Å². The fourth-order valence-corrected chi connectivity index (χ4v) is 1.78. The molecule has 17 heavy (non-hydrogen) atoms. The molecule has 88 valence electrons. The van der Waals surface area contributed by atoms with Crippen LogP contribution in [-0.2, 0) is 9.53 Å². The number of rotatable bonds is 4. The Morgan fingerprint density at radius 2 is 1.82 bits per heavy atom. The van der Waals surface area contributed by atoms with Crippen LogP contribution in [0.25, 0.3) is 0 Å². The zero-order valence-corrected chi connectivity index (χ0v) is 9.74. The summed E-state index contributed by atoms with van der Waals surface area (Å²) in [4.78, 5) is 10.9. The molecule has 0 radical (unpaired) electrons. The molecule has 3 nitrogen and oxygen atoms in total. The van der Waals surface area contributed by atoms with Gasteiger partial charge in [-0.05, 0) is 17.7 Å². The number of benzene rings is 1. The van der Waals surface area contributed by atoms with Crippen molar-refractivity contribution in [1.82, 2.24) is 4.57 Å². The third-order valence-electron chi connectivity index (χ3n) is 2.62. The first kappa shape index (κ1) is 11.5. The van der Waals surface area contributed by atoms with Crippen molar-refractivity contribution in [2.24, 2.45) is 0 Å². The molecule has 0 bridgehead atoms. The maximum atomic E-state index is 10.9. The van der Waals surface area contributed by atoms with Gasteiger partial charge < -0.3 is 9.30 Å². The van der Waals surface area contributed by atoms with Gasteiger partial charge in [0.1, 0.15) is 6.61 Å². The Labute approximate surface area is 101 Å². The molecule has 2 aromatic rings. The molecular weight excluding hydrogens is 214 g/mol. The third kappa shape index (κ3) is 2.97. The van der Waals surface area contributed by atoms with E-state index in [1.807, 2.05) is 59.4 Å². The van der Waals surface area contributed by atoms with Crippen molar-refractivity contribution in [3.63, 3.8) is 0 Å². The van der Waals surface area contributed by atoms with E-state index in [1.54, 1.807) is 0 Å². The maximum Gasteiger partial charge on any atom is 0.302 e. The first-order valence-corrected chi connectivity index (χ1v) is 5.58. The minimum atomic E-state index is -0.252. The number of carbonyl (C=O) groups is 1.